The first-order chi connectivity index (χ1) is 10.1. The van der Waals surface area contributed by atoms with Crippen LogP contribution in [0, 0.1) is 39.9 Å². The molecule has 2 N–H and O–H groups in total. The monoisotopic (exact) mass is 306 g/mol. The van der Waals surface area contributed by atoms with Gasteiger partial charge in [0.05, 0.1) is 11.7 Å². The maximum Gasteiger partial charge on any atom is 0.0651 e. The molecule has 2 heteroatoms. The minimum absolute atomic E-state index is 0.130. The van der Waals surface area contributed by atoms with Gasteiger partial charge in [0.1, 0.15) is 0 Å². The first kappa shape index (κ1) is 15.4. The smallest absolute Gasteiger partial charge is 0.0651 e. The molecule has 0 aliphatic heterocycles. The van der Waals surface area contributed by atoms with E-state index < -0.39 is 5.60 Å². The van der Waals surface area contributed by atoms with E-state index in [9.17, 15) is 10.2 Å². The van der Waals surface area contributed by atoms with E-state index in [1.54, 1.807) is 0 Å². The maximum atomic E-state index is 11.1. The molecule has 0 aromatic carbocycles. The van der Waals surface area contributed by atoms with Crippen molar-refractivity contribution in [1.82, 2.24) is 0 Å². The highest BCUT2D eigenvalue weighted by Gasteiger charge is 2.73. The summed E-state index contributed by atoms with van der Waals surface area (Å²) < 4.78 is 0. The highest BCUT2D eigenvalue weighted by Crippen LogP contribution is 2.78. The van der Waals surface area contributed by atoms with Gasteiger partial charge in [0, 0.05) is 0 Å². The lowest BCUT2D eigenvalue weighted by Crippen LogP contribution is -2.69. The van der Waals surface area contributed by atoms with Crippen LogP contribution in [-0.2, 0) is 0 Å². The maximum absolute atomic E-state index is 11.1. The van der Waals surface area contributed by atoms with Crippen molar-refractivity contribution in [3.05, 3.63) is 0 Å². The molecule has 0 radical (unpaired) electrons. The van der Waals surface area contributed by atoms with E-state index in [0.717, 1.165) is 25.7 Å². The minimum atomic E-state index is -0.480. The van der Waals surface area contributed by atoms with Crippen molar-refractivity contribution in [3.63, 3.8) is 0 Å². The van der Waals surface area contributed by atoms with Crippen LogP contribution in [-0.4, -0.2) is 21.9 Å². The van der Waals surface area contributed by atoms with Crippen molar-refractivity contribution in [2.24, 2.45) is 39.9 Å². The Balaban J connectivity index is 1.92. The van der Waals surface area contributed by atoms with E-state index in [1.165, 1.54) is 12.8 Å². The largest absolute Gasteiger partial charge is 0.393 e. The van der Waals surface area contributed by atoms with Gasteiger partial charge < -0.3 is 10.2 Å². The first-order valence-electron chi connectivity index (χ1n) is 9.47. The molecular formula is C20H34O2. The quantitative estimate of drug-likeness (QED) is 0.710. The van der Waals surface area contributed by atoms with E-state index in [0.29, 0.717) is 34.5 Å². The molecule has 0 aromatic rings. The third kappa shape index (κ3) is 1.50. The SMILES string of the molecule is C[C@@H]1C[C@@H](O)[C@H]2C[C@]3(C)CC[C@H]4[C@H]3[C@]1(CC[C@]4(C)O)C2(C)C. The standard InChI is InChI=1S/C20H34O2/c1-12-10-15(21)14-11-18(4)7-6-13-16(18)20(12,17(14,2)3)9-8-19(13,5)22/h12-16,21-22H,6-11H2,1-5H3/t12-,13+,14-,15-,16-,18+,19+,20-/m1/s1. The van der Waals surface area contributed by atoms with E-state index in [2.05, 4.69) is 34.6 Å². The van der Waals surface area contributed by atoms with Crippen LogP contribution in [0.1, 0.15) is 73.1 Å². The van der Waals surface area contributed by atoms with Crippen molar-refractivity contribution in [1.29, 1.82) is 0 Å². The summed E-state index contributed by atoms with van der Waals surface area (Å²) in [6, 6.07) is 0. The van der Waals surface area contributed by atoms with Gasteiger partial charge >= 0.3 is 0 Å². The molecule has 0 amide bonds. The molecule has 0 saturated heterocycles. The Morgan fingerprint density at radius 1 is 0.955 bits per heavy atom. The lowest BCUT2D eigenvalue weighted by molar-refractivity contribution is -0.273. The fraction of sp³-hybridized carbons (Fsp3) is 1.00. The molecule has 0 aromatic heterocycles. The number of fused-ring (bicyclic) bond motifs is 1. The Labute approximate surface area is 135 Å². The van der Waals surface area contributed by atoms with Crippen LogP contribution in [0.2, 0.25) is 0 Å². The Bertz CT molecular complexity index is 496. The molecule has 4 fully saturated rings. The van der Waals surface area contributed by atoms with E-state index in [4.69, 9.17) is 0 Å². The second-order valence-corrected chi connectivity index (χ2v) is 10.4. The summed E-state index contributed by atoms with van der Waals surface area (Å²) >= 11 is 0. The molecule has 0 heterocycles. The molecule has 0 unspecified atom stereocenters. The van der Waals surface area contributed by atoms with Gasteiger partial charge in [-0.2, -0.15) is 0 Å². The van der Waals surface area contributed by atoms with E-state index >= 15 is 0 Å². The number of hydrogen-bond acceptors (Lipinski definition) is 2. The summed E-state index contributed by atoms with van der Waals surface area (Å²) in [6.07, 6.45) is 6.51. The van der Waals surface area contributed by atoms with Crippen LogP contribution in [0.4, 0.5) is 0 Å². The molecule has 4 rings (SSSR count). The first-order valence-corrected chi connectivity index (χ1v) is 9.47. The van der Waals surface area contributed by atoms with Crippen LogP contribution >= 0.6 is 0 Å². The number of aliphatic hydroxyl groups excluding tert-OH is 1. The second kappa shape index (κ2) is 4.11. The number of hydrogen-bond donors (Lipinski definition) is 2. The molecule has 22 heavy (non-hydrogen) atoms. The van der Waals surface area contributed by atoms with Crippen LogP contribution in [0.5, 0.6) is 0 Å². The van der Waals surface area contributed by atoms with Crippen LogP contribution in [0.15, 0.2) is 0 Å². The zero-order valence-electron chi connectivity index (χ0n) is 15.0. The molecule has 8 atom stereocenters. The second-order valence-electron chi connectivity index (χ2n) is 10.4. The van der Waals surface area contributed by atoms with Crippen molar-refractivity contribution in [3.8, 4) is 0 Å². The lowest BCUT2D eigenvalue weighted by atomic mass is 9.32. The third-order valence-electron chi connectivity index (χ3n) is 9.33. The minimum Gasteiger partial charge on any atom is -0.393 e. The third-order valence-corrected chi connectivity index (χ3v) is 9.33. The van der Waals surface area contributed by atoms with Crippen molar-refractivity contribution in [2.45, 2.75) is 84.8 Å². The van der Waals surface area contributed by atoms with Gasteiger partial charge in [-0.1, -0.05) is 27.7 Å². The van der Waals surface area contributed by atoms with Gasteiger partial charge in [0.15, 0.2) is 0 Å². The van der Waals surface area contributed by atoms with E-state index in [1.807, 2.05) is 0 Å². The summed E-state index contributed by atoms with van der Waals surface area (Å²) in [5.74, 6) is 2.10. The van der Waals surface area contributed by atoms with Gasteiger partial charge in [-0.05, 0) is 85.4 Å². The van der Waals surface area contributed by atoms with Gasteiger partial charge in [0.2, 0.25) is 0 Å². The average molecular weight is 306 g/mol. The summed E-state index contributed by atoms with van der Waals surface area (Å²) in [5, 5.41) is 21.9. The van der Waals surface area contributed by atoms with Gasteiger partial charge in [-0.15, -0.1) is 0 Å². The number of aliphatic hydroxyl groups is 2. The predicted octanol–water partition coefficient (Wildman–Crippen LogP) is 4.00. The van der Waals surface area contributed by atoms with E-state index in [-0.39, 0.29) is 11.5 Å². The highest BCUT2D eigenvalue weighted by molar-refractivity contribution is 5.22. The zero-order chi connectivity index (χ0) is 16.1. The molecule has 126 valence electrons. The molecule has 4 aliphatic rings. The van der Waals surface area contributed by atoms with Crippen LogP contribution in [0.3, 0.4) is 0 Å². The molecule has 1 spiro atoms. The fourth-order valence-electron chi connectivity index (χ4n) is 8.34. The highest BCUT2D eigenvalue weighted by atomic mass is 16.3. The normalized spacial score (nSPS) is 62.6. The summed E-state index contributed by atoms with van der Waals surface area (Å²) in [7, 11) is 0. The Morgan fingerprint density at radius 2 is 1.64 bits per heavy atom. The predicted molar refractivity (Wildman–Crippen MR) is 88.3 cm³/mol. The summed E-state index contributed by atoms with van der Waals surface area (Å²) in [6.45, 7) is 11.8. The number of rotatable bonds is 0. The van der Waals surface area contributed by atoms with Crippen molar-refractivity contribution < 1.29 is 10.2 Å². The topological polar surface area (TPSA) is 40.5 Å². The molecule has 4 saturated carbocycles. The van der Waals surface area contributed by atoms with Crippen molar-refractivity contribution >= 4 is 0 Å². The molecule has 2 bridgehead atoms. The van der Waals surface area contributed by atoms with Crippen LogP contribution in [0.25, 0.3) is 0 Å². The Morgan fingerprint density at radius 3 is 2.32 bits per heavy atom. The zero-order valence-corrected chi connectivity index (χ0v) is 15.0. The van der Waals surface area contributed by atoms with Gasteiger partial charge in [0.25, 0.3) is 0 Å². The van der Waals surface area contributed by atoms with Crippen molar-refractivity contribution in [2.75, 3.05) is 0 Å². The molecule has 2 nitrogen and oxygen atoms in total. The Hall–Kier alpha value is -0.0800. The molecule has 4 aliphatic carbocycles. The lowest BCUT2D eigenvalue weighted by Gasteiger charge is -2.72. The van der Waals surface area contributed by atoms with Gasteiger partial charge in [-0.3, -0.25) is 0 Å². The molecular weight excluding hydrogens is 272 g/mol. The van der Waals surface area contributed by atoms with Crippen LogP contribution < -0.4 is 0 Å². The fourth-order valence-corrected chi connectivity index (χ4v) is 8.34. The summed E-state index contributed by atoms with van der Waals surface area (Å²) in [4.78, 5) is 0. The summed E-state index contributed by atoms with van der Waals surface area (Å²) in [5.41, 5.74) is 0.345. The Kier molecular flexibility index (Phi) is 2.89. The average Bonchev–Trinajstić information content (AvgIpc) is 2.74. The van der Waals surface area contributed by atoms with Gasteiger partial charge in [-0.25, -0.2) is 0 Å².